The molecule has 118 valence electrons. The van der Waals surface area contributed by atoms with Crippen LogP contribution in [0.1, 0.15) is 23.5 Å². The van der Waals surface area contributed by atoms with Crippen molar-refractivity contribution < 1.29 is 9.53 Å². The van der Waals surface area contributed by atoms with Crippen LogP contribution >= 0.6 is 11.3 Å². The molecule has 8 heteroatoms. The SMILES string of the molecule is COC(C)(C)CNC(=O)c1sc(N2CCNCC2)nc1N. The molecule has 1 saturated heterocycles. The van der Waals surface area contributed by atoms with Crippen molar-refractivity contribution in [1.29, 1.82) is 0 Å². The van der Waals surface area contributed by atoms with E-state index in [0.29, 0.717) is 17.2 Å². The second-order valence-corrected chi connectivity index (χ2v) is 6.57. The molecule has 0 unspecified atom stereocenters. The monoisotopic (exact) mass is 313 g/mol. The Bertz CT molecular complexity index is 497. The summed E-state index contributed by atoms with van der Waals surface area (Å²) in [6.45, 7) is 7.84. The van der Waals surface area contributed by atoms with Crippen LogP contribution in [0.15, 0.2) is 0 Å². The van der Waals surface area contributed by atoms with Crippen molar-refractivity contribution in [3.05, 3.63) is 4.88 Å². The number of anilines is 2. The number of aromatic nitrogens is 1. The van der Waals surface area contributed by atoms with Crippen LogP contribution in [0.25, 0.3) is 0 Å². The van der Waals surface area contributed by atoms with Crippen LogP contribution in [0, 0.1) is 0 Å². The van der Waals surface area contributed by atoms with Crippen molar-refractivity contribution in [3.8, 4) is 0 Å². The predicted molar refractivity (Wildman–Crippen MR) is 85.0 cm³/mol. The van der Waals surface area contributed by atoms with Crippen molar-refractivity contribution in [2.45, 2.75) is 19.4 Å². The summed E-state index contributed by atoms with van der Waals surface area (Å²) >= 11 is 1.34. The van der Waals surface area contributed by atoms with Gasteiger partial charge in [-0.15, -0.1) is 0 Å². The van der Waals surface area contributed by atoms with Crippen molar-refractivity contribution in [2.75, 3.05) is 50.5 Å². The first kappa shape index (κ1) is 16.0. The highest BCUT2D eigenvalue weighted by Gasteiger charge is 2.23. The lowest BCUT2D eigenvalue weighted by atomic mass is 10.1. The van der Waals surface area contributed by atoms with Crippen LogP contribution in [0.5, 0.6) is 0 Å². The van der Waals surface area contributed by atoms with E-state index in [1.54, 1.807) is 7.11 Å². The van der Waals surface area contributed by atoms with Gasteiger partial charge in [-0.05, 0) is 13.8 Å². The summed E-state index contributed by atoms with van der Waals surface area (Å²) in [5.41, 5.74) is 5.48. The van der Waals surface area contributed by atoms with E-state index in [0.717, 1.165) is 31.3 Å². The number of nitrogens with zero attached hydrogens (tertiary/aromatic N) is 2. The van der Waals surface area contributed by atoms with Crippen LogP contribution in [0.2, 0.25) is 0 Å². The standard InChI is InChI=1S/C13H23N5O2S/c1-13(2,20-3)8-16-11(19)9-10(14)17-12(21-9)18-6-4-15-5-7-18/h15H,4-8,14H2,1-3H3,(H,16,19). The van der Waals surface area contributed by atoms with Gasteiger partial charge in [0, 0.05) is 39.8 Å². The average molecular weight is 313 g/mol. The highest BCUT2D eigenvalue weighted by Crippen LogP contribution is 2.28. The van der Waals surface area contributed by atoms with Crippen LogP contribution in [0.4, 0.5) is 10.9 Å². The summed E-state index contributed by atoms with van der Waals surface area (Å²) in [6.07, 6.45) is 0. The number of nitrogens with two attached hydrogens (primary N) is 1. The maximum Gasteiger partial charge on any atom is 0.265 e. The highest BCUT2D eigenvalue weighted by atomic mass is 32.1. The normalized spacial score (nSPS) is 16.0. The Labute approximate surface area is 128 Å². The zero-order valence-electron chi connectivity index (χ0n) is 12.7. The molecule has 1 amide bonds. The third-order valence-electron chi connectivity index (χ3n) is 3.46. The molecule has 0 aromatic carbocycles. The number of carbonyl (C=O) groups excluding carboxylic acids is 1. The molecule has 0 spiro atoms. The molecule has 1 aliphatic rings. The number of thiazole rings is 1. The van der Waals surface area contributed by atoms with Gasteiger partial charge in [0.2, 0.25) is 0 Å². The van der Waals surface area contributed by atoms with Gasteiger partial charge in [-0.3, -0.25) is 4.79 Å². The fourth-order valence-electron chi connectivity index (χ4n) is 1.92. The number of rotatable bonds is 5. The Morgan fingerprint density at radius 1 is 1.52 bits per heavy atom. The first-order chi connectivity index (χ1) is 9.93. The lowest BCUT2D eigenvalue weighted by Gasteiger charge is -2.26. The first-order valence-corrected chi connectivity index (χ1v) is 7.80. The van der Waals surface area contributed by atoms with Crippen molar-refractivity contribution in [1.82, 2.24) is 15.6 Å². The number of methoxy groups -OCH3 is 1. The molecule has 0 bridgehead atoms. The van der Waals surface area contributed by atoms with Gasteiger partial charge >= 0.3 is 0 Å². The molecule has 0 radical (unpaired) electrons. The zero-order valence-corrected chi connectivity index (χ0v) is 13.5. The van der Waals surface area contributed by atoms with Crippen LogP contribution in [-0.2, 0) is 4.74 Å². The van der Waals surface area contributed by atoms with Gasteiger partial charge in [-0.2, -0.15) is 0 Å². The van der Waals surface area contributed by atoms with Gasteiger partial charge in [0.15, 0.2) is 5.13 Å². The van der Waals surface area contributed by atoms with Crippen molar-refractivity contribution in [3.63, 3.8) is 0 Å². The maximum atomic E-state index is 12.2. The number of nitrogens with one attached hydrogen (secondary N) is 2. The fraction of sp³-hybridized carbons (Fsp3) is 0.692. The van der Waals surface area contributed by atoms with E-state index >= 15 is 0 Å². The second kappa shape index (κ2) is 6.59. The van der Waals surface area contributed by atoms with Gasteiger partial charge in [-0.25, -0.2) is 4.98 Å². The second-order valence-electron chi connectivity index (χ2n) is 5.59. The van der Waals surface area contributed by atoms with Gasteiger partial charge < -0.3 is 26.0 Å². The molecule has 1 aliphatic heterocycles. The topological polar surface area (TPSA) is 92.5 Å². The lowest BCUT2D eigenvalue weighted by Crippen LogP contribution is -2.43. The zero-order chi connectivity index (χ0) is 15.5. The molecule has 7 nitrogen and oxygen atoms in total. The first-order valence-electron chi connectivity index (χ1n) is 6.98. The van der Waals surface area contributed by atoms with E-state index in [1.165, 1.54) is 11.3 Å². The summed E-state index contributed by atoms with van der Waals surface area (Å²) in [5.74, 6) is 0.0952. The molecule has 0 aliphatic carbocycles. The van der Waals surface area contributed by atoms with Crippen LogP contribution in [0.3, 0.4) is 0 Å². The minimum Gasteiger partial charge on any atom is -0.382 e. The van der Waals surface area contributed by atoms with E-state index in [9.17, 15) is 4.79 Å². The van der Waals surface area contributed by atoms with Crippen LogP contribution in [-0.4, -0.2) is 56.3 Å². The number of hydrogen-bond acceptors (Lipinski definition) is 7. The summed E-state index contributed by atoms with van der Waals surface area (Å²) in [4.78, 5) is 19.2. The number of piperazine rings is 1. The average Bonchev–Trinajstić information content (AvgIpc) is 2.88. The minimum atomic E-state index is -0.406. The van der Waals surface area contributed by atoms with E-state index in [-0.39, 0.29) is 5.91 Å². The molecular formula is C13H23N5O2S. The highest BCUT2D eigenvalue weighted by molar-refractivity contribution is 7.18. The lowest BCUT2D eigenvalue weighted by molar-refractivity contribution is 0.0229. The number of ether oxygens (including phenoxy) is 1. The Morgan fingerprint density at radius 3 is 2.81 bits per heavy atom. The van der Waals surface area contributed by atoms with E-state index in [4.69, 9.17) is 10.5 Å². The smallest absolute Gasteiger partial charge is 0.265 e. The van der Waals surface area contributed by atoms with Crippen LogP contribution < -0.4 is 21.3 Å². The molecule has 1 aromatic heterocycles. The molecule has 21 heavy (non-hydrogen) atoms. The van der Waals surface area contributed by atoms with E-state index < -0.39 is 5.60 Å². The summed E-state index contributed by atoms with van der Waals surface area (Å²) in [7, 11) is 1.62. The molecule has 1 fully saturated rings. The van der Waals surface area contributed by atoms with Gasteiger partial charge in [0.25, 0.3) is 5.91 Å². The van der Waals surface area contributed by atoms with Crippen molar-refractivity contribution in [2.24, 2.45) is 0 Å². The number of amides is 1. The predicted octanol–water partition coefficient (Wildman–Crippen LogP) is 0.290. The largest absolute Gasteiger partial charge is 0.382 e. The fourth-order valence-corrected chi connectivity index (χ4v) is 2.87. The number of hydrogen-bond donors (Lipinski definition) is 3. The third-order valence-corrected chi connectivity index (χ3v) is 4.59. The Hall–Kier alpha value is -1.38. The van der Waals surface area contributed by atoms with Gasteiger partial charge in [0.1, 0.15) is 10.7 Å². The van der Waals surface area contributed by atoms with E-state index in [2.05, 4.69) is 20.5 Å². The minimum absolute atomic E-state index is 0.198. The molecule has 1 aromatic rings. The quantitative estimate of drug-likeness (QED) is 0.723. The van der Waals surface area contributed by atoms with E-state index in [1.807, 2.05) is 13.8 Å². The molecule has 0 atom stereocenters. The van der Waals surface area contributed by atoms with Crippen molar-refractivity contribution >= 4 is 28.2 Å². The summed E-state index contributed by atoms with van der Waals surface area (Å²) < 4.78 is 5.28. The molecular weight excluding hydrogens is 290 g/mol. The van der Waals surface area contributed by atoms with Gasteiger partial charge in [-0.1, -0.05) is 11.3 Å². The molecule has 0 saturated carbocycles. The Balaban J connectivity index is 2.02. The number of nitrogen functional groups attached to an aromatic ring is 1. The number of carbonyl (C=O) groups is 1. The molecule has 4 N–H and O–H groups in total. The molecule has 2 rings (SSSR count). The third kappa shape index (κ3) is 4.05. The Morgan fingerprint density at radius 2 is 2.19 bits per heavy atom. The summed E-state index contributed by atoms with van der Waals surface area (Å²) in [6, 6.07) is 0. The summed E-state index contributed by atoms with van der Waals surface area (Å²) in [5, 5.41) is 6.94. The molecule has 2 heterocycles. The Kier molecular flexibility index (Phi) is 5.02. The van der Waals surface area contributed by atoms with Gasteiger partial charge in [0.05, 0.1) is 5.60 Å². The maximum absolute atomic E-state index is 12.2.